The van der Waals surface area contributed by atoms with E-state index in [-0.39, 0.29) is 5.41 Å². The Labute approximate surface area is 189 Å². The molecule has 0 aliphatic heterocycles. The lowest BCUT2D eigenvalue weighted by molar-refractivity contribution is -0.132. The van der Waals surface area contributed by atoms with Crippen LogP contribution in [0.25, 0.3) is 0 Å². The number of ketones is 1. The maximum Gasteiger partial charge on any atom is 0.136 e. The van der Waals surface area contributed by atoms with Gasteiger partial charge in [0.2, 0.25) is 0 Å². The van der Waals surface area contributed by atoms with Crippen molar-refractivity contribution in [3.63, 3.8) is 0 Å². The minimum atomic E-state index is -0.429. The zero-order valence-corrected chi connectivity index (χ0v) is 19.7. The molecular weight excluding hydrogens is 380 g/mol. The highest BCUT2D eigenvalue weighted by Gasteiger charge is 2.58. The van der Waals surface area contributed by atoms with E-state index in [4.69, 9.17) is 0 Å². The molecule has 0 spiro atoms. The Bertz CT molecular complexity index is 783. The lowest BCUT2D eigenvalue weighted by Gasteiger charge is -2.56. The monoisotopic (exact) mass is 422 g/mol. The first kappa shape index (κ1) is 21.7. The Morgan fingerprint density at radius 3 is 2.52 bits per heavy atom. The second-order valence-corrected chi connectivity index (χ2v) is 12.2. The quantitative estimate of drug-likeness (QED) is 0.580. The van der Waals surface area contributed by atoms with Gasteiger partial charge in [-0.2, -0.15) is 0 Å². The summed E-state index contributed by atoms with van der Waals surface area (Å²) in [7, 11) is 0. The van der Waals surface area contributed by atoms with Gasteiger partial charge in [-0.1, -0.05) is 37.3 Å². The third-order valence-corrected chi connectivity index (χ3v) is 10.4. The molecular formula is C29H42O2. The molecule has 0 aromatic heterocycles. The van der Waals surface area contributed by atoms with Gasteiger partial charge < -0.3 is 5.11 Å². The highest BCUT2D eigenvalue weighted by Crippen LogP contribution is 2.64. The molecule has 2 heteroatoms. The van der Waals surface area contributed by atoms with Crippen molar-refractivity contribution in [2.24, 2.45) is 40.9 Å². The first-order valence-corrected chi connectivity index (χ1v) is 13.2. The number of fused-ring (bicyclic) bond motifs is 5. The fourth-order valence-electron chi connectivity index (χ4n) is 8.90. The molecule has 0 heterocycles. The highest BCUT2D eigenvalue weighted by atomic mass is 16.3. The third kappa shape index (κ3) is 4.03. The fraction of sp³-hybridized carbons (Fsp3) is 0.759. The van der Waals surface area contributed by atoms with Crippen molar-refractivity contribution in [3.05, 3.63) is 35.9 Å². The number of hydrogen-bond acceptors (Lipinski definition) is 2. The fourth-order valence-corrected chi connectivity index (χ4v) is 8.90. The molecule has 0 amide bonds. The lowest BCUT2D eigenvalue weighted by Crippen LogP contribution is -2.51. The normalized spacial score (nSPS) is 44.2. The lowest BCUT2D eigenvalue weighted by atomic mass is 9.49. The van der Waals surface area contributed by atoms with E-state index in [1.165, 1.54) is 44.1 Å². The first-order valence-electron chi connectivity index (χ1n) is 13.2. The molecule has 0 saturated heterocycles. The van der Waals surface area contributed by atoms with Crippen LogP contribution in [0.2, 0.25) is 0 Å². The van der Waals surface area contributed by atoms with Gasteiger partial charge in [0.15, 0.2) is 0 Å². The van der Waals surface area contributed by atoms with Gasteiger partial charge in [0.1, 0.15) is 5.78 Å². The summed E-state index contributed by atoms with van der Waals surface area (Å²) in [6.45, 7) is 4.54. The molecule has 0 unspecified atom stereocenters. The van der Waals surface area contributed by atoms with E-state index >= 15 is 0 Å². The number of aryl methyl sites for hydroxylation is 1. The summed E-state index contributed by atoms with van der Waals surface area (Å²) < 4.78 is 0. The van der Waals surface area contributed by atoms with E-state index in [0.717, 1.165) is 68.1 Å². The Morgan fingerprint density at radius 2 is 1.71 bits per heavy atom. The van der Waals surface area contributed by atoms with Crippen molar-refractivity contribution >= 4 is 5.78 Å². The van der Waals surface area contributed by atoms with Gasteiger partial charge in [0, 0.05) is 12.3 Å². The zero-order chi connectivity index (χ0) is 21.6. The molecule has 4 saturated carbocycles. The molecule has 4 aliphatic rings. The van der Waals surface area contributed by atoms with Crippen LogP contribution in [0.4, 0.5) is 0 Å². The van der Waals surface area contributed by atoms with Crippen LogP contribution in [0.15, 0.2) is 30.3 Å². The van der Waals surface area contributed by atoms with Gasteiger partial charge in [0.05, 0.1) is 5.60 Å². The molecule has 1 aromatic rings. The topological polar surface area (TPSA) is 37.3 Å². The van der Waals surface area contributed by atoms with Gasteiger partial charge in [-0.15, -0.1) is 0 Å². The van der Waals surface area contributed by atoms with E-state index in [1.54, 1.807) is 0 Å². The smallest absolute Gasteiger partial charge is 0.136 e. The average molecular weight is 423 g/mol. The largest absolute Gasteiger partial charge is 0.390 e. The summed E-state index contributed by atoms with van der Waals surface area (Å²) in [5.41, 5.74) is 1.18. The molecule has 1 aromatic carbocycles. The second kappa shape index (κ2) is 8.32. The number of rotatable bonds is 5. The van der Waals surface area contributed by atoms with Crippen molar-refractivity contribution in [2.45, 2.75) is 96.5 Å². The molecule has 0 radical (unpaired) electrons. The van der Waals surface area contributed by atoms with Gasteiger partial charge in [-0.25, -0.2) is 0 Å². The number of Topliss-reactive ketones (excluding diaryl/α,β-unsaturated/α-hetero) is 1. The maximum atomic E-state index is 13.3. The van der Waals surface area contributed by atoms with E-state index in [0.29, 0.717) is 11.7 Å². The van der Waals surface area contributed by atoms with Crippen LogP contribution in [-0.2, 0) is 11.2 Å². The molecule has 31 heavy (non-hydrogen) atoms. The highest BCUT2D eigenvalue weighted by molar-refractivity contribution is 5.82. The van der Waals surface area contributed by atoms with E-state index in [2.05, 4.69) is 44.2 Å². The summed E-state index contributed by atoms with van der Waals surface area (Å²) >= 11 is 0. The molecule has 5 rings (SSSR count). The predicted molar refractivity (Wildman–Crippen MR) is 126 cm³/mol. The van der Waals surface area contributed by atoms with Crippen LogP contribution >= 0.6 is 0 Å². The van der Waals surface area contributed by atoms with Crippen LogP contribution in [0.5, 0.6) is 0 Å². The average Bonchev–Trinajstić information content (AvgIpc) is 3.11. The summed E-state index contributed by atoms with van der Waals surface area (Å²) in [6.07, 6.45) is 13.7. The number of aliphatic hydroxyl groups is 1. The summed E-state index contributed by atoms with van der Waals surface area (Å²) in [5, 5.41) is 10.6. The van der Waals surface area contributed by atoms with E-state index in [1.807, 2.05) is 0 Å². The molecule has 2 nitrogen and oxygen atoms in total. The molecule has 8 atom stereocenters. The van der Waals surface area contributed by atoms with Gasteiger partial charge >= 0.3 is 0 Å². The van der Waals surface area contributed by atoms with Crippen LogP contribution in [-0.4, -0.2) is 16.5 Å². The Morgan fingerprint density at radius 1 is 0.935 bits per heavy atom. The van der Waals surface area contributed by atoms with Gasteiger partial charge in [-0.05, 0) is 118 Å². The van der Waals surface area contributed by atoms with E-state index < -0.39 is 5.60 Å². The number of benzene rings is 1. The zero-order valence-electron chi connectivity index (χ0n) is 19.7. The number of carbonyl (C=O) groups is 1. The Balaban J connectivity index is 1.22. The molecule has 4 aliphatic carbocycles. The van der Waals surface area contributed by atoms with Crippen LogP contribution in [0.1, 0.15) is 90.0 Å². The first-order chi connectivity index (χ1) is 14.9. The third-order valence-electron chi connectivity index (χ3n) is 10.4. The van der Waals surface area contributed by atoms with Crippen LogP contribution in [0, 0.1) is 40.9 Å². The number of hydrogen-bond donors (Lipinski definition) is 1. The summed E-state index contributed by atoms with van der Waals surface area (Å²) in [6, 6.07) is 10.6. The molecule has 0 bridgehead atoms. The second-order valence-electron chi connectivity index (χ2n) is 12.2. The van der Waals surface area contributed by atoms with E-state index in [9.17, 15) is 9.90 Å². The minimum Gasteiger partial charge on any atom is -0.390 e. The molecule has 1 N–H and O–H groups in total. The Hall–Kier alpha value is -1.15. The van der Waals surface area contributed by atoms with Crippen LogP contribution in [0.3, 0.4) is 0 Å². The molecule has 4 fully saturated rings. The van der Waals surface area contributed by atoms with Crippen molar-refractivity contribution in [3.8, 4) is 0 Å². The summed E-state index contributed by atoms with van der Waals surface area (Å²) in [5.74, 6) is 4.90. The van der Waals surface area contributed by atoms with Crippen molar-refractivity contribution in [1.29, 1.82) is 0 Å². The van der Waals surface area contributed by atoms with Gasteiger partial charge in [0.25, 0.3) is 0 Å². The number of carbonyl (C=O) groups excluding carboxylic acids is 1. The predicted octanol–water partition coefficient (Wildman–Crippen LogP) is 6.60. The SMILES string of the molecule is C[C@@]1(O)CC[C@H]2[C@H](CC[C@@H]3[C@@H]2CC[C@]2(C)[C@@H](C(=O)CCCc4ccccc4)CC[C@@H]32)C1. The maximum absolute atomic E-state index is 13.3. The molecule has 170 valence electrons. The van der Waals surface area contributed by atoms with Gasteiger partial charge in [-0.3, -0.25) is 4.79 Å². The van der Waals surface area contributed by atoms with Crippen LogP contribution < -0.4 is 0 Å². The Kier molecular flexibility index (Phi) is 5.82. The van der Waals surface area contributed by atoms with Crippen molar-refractivity contribution in [2.75, 3.05) is 0 Å². The minimum absolute atomic E-state index is 0.248. The summed E-state index contributed by atoms with van der Waals surface area (Å²) in [4.78, 5) is 13.3. The standard InChI is InChI=1S/C29H42O2/c1-28(31)17-15-22-21(19-28)11-12-24-23(22)16-18-29(2)25(24)13-14-26(29)27(30)10-6-9-20-7-4-3-5-8-20/h3-5,7-8,21-26,31H,6,9-19H2,1-2H3/t21-,22+,23-,24-,25+,26-,28-,29+/m1/s1. The van der Waals surface area contributed by atoms with Crippen molar-refractivity contribution < 1.29 is 9.90 Å². The van der Waals surface area contributed by atoms with Crippen molar-refractivity contribution in [1.82, 2.24) is 0 Å².